The lowest BCUT2D eigenvalue weighted by Gasteiger charge is -2.13. The molecule has 0 radical (unpaired) electrons. The van der Waals surface area contributed by atoms with Crippen LogP contribution in [0.4, 0.5) is 0 Å². The van der Waals surface area contributed by atoms with E-state index in [1.807, 2.05) is 13.8 Å². The van der Waals surface area contributed by atoms with Crippen LogP contribution in [0.3, 0.4) is 0 Å². The maximum Gasteiger partial charge on any atom is 0.273 e. The summed E-state index contributed by atoms with van der Waals surface area (Å²) in [5, 5.41) is 5.89. The fourth-order valence-electron chi connectivity index (χ4n) is 2.61. The third-order valence-electron chi connectivity index (χ3n) is 4.21. The number of nitrogens with zero attached hydrogens (tertiary/aromatic N) is 3. The highest BCUT2D eigenvalue weighted by Gasteiger charge is 2.19. The average molecular weight is 367 g/mol. The van der Waals surface area contributed by atoms with E-state index in [1.54, 1.807) is 30.5 Å². The summed E-state index contributed by atoms with van der Waals surface area (Å²) in [6, 6.07) is 8.27. The number of rotatable bonds is 6. The summed E-state index contributed by atoms with van der Waals surface area (Å²) >= 11 is 0. The maximum absolute atomic E-state index is 12.6. The topological polar surface area (TPSA) is 102 Å². The van der Waals surface area contributed by atoms with E-state index < -0.39 is 0 Å². The molecule has 0 aliphatic rings. The van der Waals surface area contributed by atoms with Gasteiger partial charge in [0, 0.05) is 24.5 Å². The first kappa shape index (κ1) is 18.4. The number of ether oxygens (including phenoxy) is 1. The molecule has 3 aromatic rings. The molecule has 3 heterocycles. The lowest BCUT2D eigenvalue weighted by atomic mass is 10.2. The van der Waals surface area contributed by atoms with Crippen molar-refractivity contribution < 1.29 is 9.53 Å². The molecule has 0 saturated heterocycles. The monoisotopic (exact) mass is 367 g/mol. The van der Waals surface area contributed by atoms with Gasteiger partial charge in [-0.1, -0.05) is 6.92 Å². The minimum absolute atomic E-state index is 0.0149. The Morgan fingerprint density at radius 3 is 2.78 bits per heavy atom. The summed E-state index contributed by atoms with van der Waals surface area (Å²) < 4.78 is 6.49. The van der Waals surface area contributed by atoms with Crippen LogP contribution < -0.4 is 15.6 Å². The minimum atomic E-state index is -0.341. The van der Waals surface area contributed by atoms with Gasteiger partial charge in [0.2, 0.25) is 5.88 Å². The Morgan fingerprint density at radius 2 is 2.04 bits per heavy atom. The normalized spacial score (nSPS) is 11.8. The first-order chi connectivity index (χ1) is 13.0. The van der Waals surface area contributed by atoms with Gasteiger partial charge in [0.1, 0.15) is 0 Å². The van der Waals surface area contributed by atoms with Crippen LogP contribution in [0.15, 0.2) is 47.5 Å². The second-order valence-electron chi connectivity index (χ2n) is 6.06. The number of H-pyrrole nitrogens is 1. The molecule has 8 nitrogen and oxygen atoms in total. The highest BCUT2D eigenvalue weighted by Crippen LogP contribution is 2.25. The van der Waals surface area contributed by atoms with E-state index in [4.69, 9.17) is 4.74 Å². The molecule has 0 aromatic carbocycles. The highest BCUT2D eigenvalue weighted by atomic mass is 16.5. The first-order valence-corrected chi connectivity index (χ1v) is 8.62. The second-order valence-corrected chi connectivity index (χ2v) is 6.06. The number of nitrogens with one attached hydrogen (secondary N) is 2. The van der Waals surface area contributed by atoms with Crippen LogP contribution in [0, 0.1) is 0 Å². The molecule has 3 aromatic heterocycles. The molecule has 1 amide bonds. The number of methoxy groups -OCH3 is 1. The van der Waals surface area contributed by atoms with Crippen molar-refractivity contribution in [2.45, 2.75) is 26.3 Å². The van der Waals surface area contributed by atoms with Gasteiger partial charge in [0.15, 0.2) is 5.82 Å². The molecule has 0 unspecified atom stereocenters. The highest BCUT2D eigenvalue weighted by molar-refractivity contribution is 5.97. The third-order valence-corrected chi connectivity index (χ3v) is 4.21. The van der Waals surface area contributed by atoms with E-state index in [-0.39, 0.29) is 23.3 Å². The molecular weight excluding hydrogens is 346 g/mol. The zero-order chi connectivity index (χ0) is 19.4. The molecule has 0 bridgehead atoms. The average Bonchev–Trinajstić information content (AvgIpc) is 3.09. The van der Waals surface area contributed by atoms with Gasteiger partial charge in [-0.3, -0.25) is 14.7 Å². The van der Waals surface area contributed by atoms with E-state index in [0.717, 1.165) is 6.42 Å². The van der Waals surface area contributed by atoms with E-state index in [9.17, 15) is 9.59 Å². The zero-order valence-electron chi connectivity index (χ0n) is 15.4. The lowest BCUT2D eigenvalue weighted by molar-refractivity contribution is 0.0938. The Bertz CT molecular complexity index is 1010. The summed E-state index contributed by atoms with van der Waals surface area (Å²) in [5.74, 6) is 0.341. The van der Waals surface area contributed by atoms with Crippen LogP contribution in [0.1, 0.15) is 30.6 Å². The van der Waals surface area contributed by atoms with Crippen molar-refractivity contribution in [1.82, 2.24) is 25.1 Å². The number of amides is 1. The summed E-state index contributed by atoms with van der Waals surface area (Å²) in [7, 11) is 1.51. The number of hydrogen-bond donors (Lipinski definition) is 2. The Morgan fingerprint density at radius 1 is 1.30 bits per heavy atom. The van der Waals surface area contributed by atoms with Gasteiger partial charge in [0.25, 0.3) is 11.5 Å². The van der Waals surface area contributed by atoms with Crippen molar-refractivity contribution in [3.63, 3.8) is 0 Å². The molecule has 1 atom stereocenters. The number of pyridine rings is 2. The van der Waals surface area contributed by atoms with Crippen LogP contribution in [0.25, 0.3) is 17.1 Å². The summed E-state index contributed by atoms with van der Waals surface area (Å²) in [6.07, 6.45) is 3.94. The lowest BCUT2D eigenvalue weighted by Crippen LogP contribution is -2.33. The molecule has 140 valence electrons. The van der Waals surface area contributed by atoms with Crippen LogP contribution in [0.5, 0.6) is 5.88 Å². The van der Waals surface area contributed by atoms with Gasteiger partial charge in [-0.05, 0) is 37.6 Å². The van der Waals surface area contributed by atoms with Gasteiger partial charge in [-0.2, -0.15) is 0 Å². The van der Waals surface area contributed by atoms with E-state index in [1.165, 1.54) is 24.1 Å². The predicted molar refractivity (Wildman–Crippen MR) is 101 cm³/mol. The zero-order valence-corrected chi connectivity index (χ0v) is 15.4. The molecule has 27 heavy (non-hydrogen) atoms. The minimum Gasteiger partial charge on any atom is -0.481 e. The van der Waals surface area contributed by atoms with Gasteiger partial charge in [-0.25, -0.2) is 14.6 Å². The van der Waals surface area contributed by atoms with Crippen LogP contribution in [0.2, 0.25) is 0 Å². The van der Waals surface area contributed by atoms with Gasteiger partial charge >= 0.3 is 0 Å². The van der Waals surface area contributed by atoms with Gasteiger partial charge < -0.3 is 10.1 Å². The van der Waals surface area contributed by atoms with Crippen LogP contribution in [-0.4, -0.2) is 38.8 Å². The van der Waals surface area contributed by atoms with E-state index in [2.05, 4.69) is 20.4 Å². The Hall–Kier alpha value is -3.42. The first-order valence-electron chi connectivity index (χ1n) is 8.62. The molecule has 0 fully saturated rings. The molecule has 0 saturated carbocycles. The number of carbonyl (C=O) groups is 1. The fraction of sp³-hybridized carbons (Fsp3) is 0.263. The van der Waals surface area contributed by atoms with Gasteiger partial charge in [0.05, 0.1) is 23.9 Å². The standard InChI is InChI=1S/C19H21N5O3/c1-4-12(2)22-18(26)14-8-6-9-20-17(14)24-16(25)11-15(23-24)13-7-5-10-21-19(13)27-3/h5-12,23H,4H2,1-3H3,(H,22,26)/t12-/m0/s1. The predicted octanol–water partition coefficient (Wildman–Crippen LogP) is 2.16. The number of aromatic amines is 1. The van der Waals surface area contributed by atoms with Crippen molar-refractivity contribution in [2.24, 2.45) is 0 Å². The SMILES string of the molecule is CC[C@H](C)NC(=O)c1cccnc1-n1[nH]c(-c2cccnc2OC)cc1=O. The molecule has 0 aliphatic heterocycles. The molecule has 3 rings (SSSR count). The van der Waals surface area contributed by atoms with Crippen molar-refractivity contribution >= 4 is 5.91 Å². The molecule has 2 N–H and O–H groups in total. The van der Waals surface area contributed by atoms with Gasteiger partial charge in [-0.15, -0.1) is 0 Å². The number of carbonyl (C=O) groups excluding carboxylic acids is 1. The number of aromatic nitrogens is 4. The summed E-state index contributed by atoms with van der Waals surface area (Å²) in [5.41, 5.74) is 1.12. The van der Waals surface area contributed by atoms with Crippen molar-refractivity contribution in [2.75, 3.05) is 7.11 Å². The second kappa shape index (κ2) is 7.86. The smallest absolute Gasteiger partial charge is 0.273 e. The third kappa shape index (κ3) is 3.74. The quantitative estimate of drug-likeness (QED) is 0.695. The van der Waals surface area contributed by atoms with Crippen molar-refractivity contribution in [3.05, 3.63) is 58.6 Å². The number of hydrogen-bond acceptors (Lipinski definition) is 5. The fourth-order valence-corrected chi connectivity index (χ4v) is 2.61. The molecule has 0 spiro atoms. The Kier molecular flexibility index (Phi) is 5.35. The van der Waals surface area contributed by atoms with E-state index in [0.29, 0.717) is 22.7 Å². The van der Waals surface area contributed by atoms with Crippen molar-refractivity contribution in [1.29, 1.82) is 0 Å². The van der Waals surface area contributed by atoms with Crippen LogP contribution in [-0.2, 0) is 0 Å². The molecule has 8 heteroatoms. The van der Waals surface area contributed by atoms with Crippen LogP contribution >= 0.6 is 0 Å². The molecular formula is C19H21N5O3. The Labute approximate surface area is 156 Å². The maximum atomic E-state index is 12.6. The molecule has 0 aliphatic carbocycles. The Balaban J connectivity index is 2.05. The summed E-state index contributed by atoms with van der Waals surface area (Å²) in [6.45, 7) is 3.90. The van der Waals surface area contributed by atoms with E-state index >= 15 is 0 Å². The summed E-state index contributed by atoms with van der Waals surface area (Å²) in [4.78, 5) is 33.5. The van der Waals surface area contributed by atoms with Crippen molar-refractivity contribution in [3.8, 4) is 23.0 Å². The largest absolute Gasteiger partial charge is 0.481 e.